The van der Waals surface area contributed by atoms with Crippen LogP contribution in [0.25, 0.3) is 0 Å². The molecule has 8 heteroatoms. The quantitative estimate of drug-likeness (QED) is 0.669. The van der Waals surface area contributed by atoms with Crippen molar-refractivity contribution in [3.8, 4) is 0 Å². The number of aromatic nitrogens is 2. The van der Waals surface area contributed by atoms with E-state index in [2.05, 4.69) is 5.10 Å². The van der Waals surface area contributed by atoms with Crippen LogP contribution in [-0.4, -0.2) is 25.8 Å². The maximum atomic E-state index is 13.1. The van der Waals surface area contributed by atoms with Crippen LogP contribution in [0.1, 0.15) is 16.1 Å². The van der Waals surface area contributed by atoms with Gasteiger partial charge in [-0.3, -0.25) is 14.8 Å². The molecular weight excluding hydrogens is 257 g/mol. The van der Waals surface area contributed by atoms with Gasteiger partial charge in [-0.05, 0) is 18.2 Å². The van der Waals surface area contributed by atoms with Crippen LogP contribution in [0.2, 0.25) is 0 Å². The molecule has 0 aliphatic heterocycles. The monoisotopic (exact) mass is 265 g/mol. The summed E-state index contributed by atoms with van der Waals surface area (Å²) >= 11 is 0. The van der Waals surface area contributed by atoms with Gasteiger partial charge in [0.05, 0.1) is 17.0 Å². The number of nitrogens with zero attached hydrogens (tertiary/aromatic N) is 3. The zero-order valence-corrected chi connectivity index (χ0v) is 9.49. The van der Waals surface area contributed by atoms with Gasteiger partial charge < -0.3 is 5.11 Å². The van der Waals surface area contributed by atoms with E-state index in [0.29, 0.717) is 0 Å². The first kappa shape index (κ1) is 12.7. The third-order valence-corrected chi connectivity index (χ3v) is 2.43. The minimum atomic E-state index is -1.20. The third-order valence-electron chi connectivity index (χ3n) is 2.43. The molecule has 1 aromatic carbocycles. The number of benzene rings is 1. The van der Waals surface area contributed by atoms with Crippen molar-refractivity contribution in [3.63, 3.8) is 0 Å². The first-order valence-corrected chi connectivity index (χ1v) is 5.17. The Kier molecular flexibility index (Phi) is 3.23. The summed E-state index contributed by atoms with van der Waals surface area (Å²) in [5, 5.41) is 23.2. The molecule has 0 aliphatic rings. The number of nitro benzene ring substituents is 1. The lowest BCUT2D eigenvalue weighted by Gasteiger charge is -2.03. The van der Waals surface area contributed by atoms with Crippen molar-refractivity contribution < 1.29 is 19.2 Å². The molecule has 1 N–H and O–H groups in total. The Morgan fingerprint density at radius 1 is 1.47 bits per heavy atom. The summed E-state index contributed by atoms with van der Waals surface area (Å²) in [6, 6.07) is 4.34. The topological polar surface area (TPSA) is 98.3 Å². The summed E-state index contributed by atoms with van der Waals surface area (Å²) in [7, 11) is 0. The molecular formula is C11H8FN3O4. The van der Waals surface area contributed by atoms with Crippen molar-refractivity contribution in [3.05, 3.63) is 57.7 Å². The van der Waals surface area contributed by atoms with E-state index in [4.69, 9.17) is 5.11 Å². The molecule has 0 unspecified atom stereocenters. The molecule has 0 radical (unpaired) electrons. The highest BCUT2D eigenvalue weighted by molar-refractivity contribution is 5.85. The molecule has 2 aromatic rings. The highest BCUT2D eigenvalue weighted by atomic mass is 19.1. The fraction of sp³-hybridized carbons (Fsp3) is 0.0909. The van der Waals surface area contributed by atoms with E-state index in [1.807, 2.05) is 0 Å². The smallest absolute Gasteiger partial charge is 0.356 e. The molecule has 7 nitrogen and oxygen atoms in total. The summed E-state index contributed by atoms with van der Waals surface area (Å²) in [4.78, 5) is 20.8. The van der Waals surface area contributed by atoms with Crippen molar-refractivity contribution in [2.45, 2.75) is 6.54 Å². The highest BCUT2D eigenvalue weighted by Gasteiger charge is 2.16. The van der Waals surface area contributed by atoms with Crippen LogP contribution in [-0.2, 0) is 6.54 Å². The van der Waals surface area contributed by atoms with Crippen LogP contribution < -0.4 is 0 Å². The maximum absolute atomic E-state index is 13.1. The van der Waals surface area contributed by atoms with Crippen molar-refractivity contribution in [1.82, 2.24) is 9.78 Å². The standard InChI is InChI=1S/C11H8FN3O4/c12-8-1-2-10(15(18)19)7(5-8)6-14-4-3-9(13-14)11(16)17/h1-5H,6H2,(H,16,17). The summed E-state index contributed by atoms with van der Waals surface area (Å²) in [6.45, 7) is -0.0820. The van der Waals surface area contributed by atoms with Gasteiger partial charge in [-0.15, -0.1) is 0 Å². The number of carbonyl (C=O) groups is 1. The van der Waals surface area contributed by atoms with Gasteiger partial charge in [-0.25, -0.2) is 9.18 Å². The van der Waals surface area contributed by atoms with Gasteiger partial charge in [0.25, 0.3) is 5.69 Å². The van der Waals surface area contributed by atoms with Gasteiger partial charge >= 0.3 is 5.97 Å². The van der Waals surface area contributed by atoms with E-state index >= 15 is 0 Å². The molecule has 1 heterocycles. The van der Waals surface area contributed by atoms with Crippen molar-refractivity contribution in [2.24, 2.45) is 0 Å². The Morgan fingerprint density at radius 3 is 2.79 bits per heavy atom. The Balaban J connectivity index is 2.33. The zero-order chi connectivity index (χ0) is 14.0. The summed E-state index contributed by atoms with van der Waals surface area (Å²) < 4.78 is 14.3. The lowest BCUT2D eigenvalue weighted by Crippen LogP contribution is -2.06. The van der Waals surface area contributed by atoms with Crippen LogP contribution in [0.15, 0.2) is 30.5 Å². The SMILES string of the molecule is O=C(O)c1ccn(Cc2cc(F)ccc2[N+](=O)[O-])n1. The molecule has 0 fully saturated rings. The second-order valence-electron chi connectivity index (χ2n) is 3.73. The zero-order valence-electron chi connectivity index (χ0n) is 9.49. The number of rotatable bonds is 4. The van der Waals surface area contributed by atoms with Crippen LogP contribution in [0.4, 0.5) is 10.1 Å². The van der Waals surface area contributed by atoms with E-state index in [0.717, 1.165) is 18.2 Å². The molecule has 2 rings (SSSR count). The Hall–Kier alpha value is -2.77. The number of halogens is 1. The van der Waals surface area contributed by atoms with E-state index in [1.165, 1.54) is 16.9 Å². The molecule has 0 bridgehead atoms. The predicted molar refractivity (Wildman–Crippen MR) is 61.3 cm³/mol. The van der Waals surface area contributed by atoms with Crippen molar-refractivity contribution >= 4 is 11.7 Å². The van der Waals surface area contributed by atoms with E-state index in [-0.39, 0.29) is 23.5 Å². The van der Waals surface area contributed by atoms with Crippen molar-refractivity contribution in [1.29, 1.82) is 0 Å². The molecule has 0 saturated heterocycles. The number of hydrogen-bond donors (Lipinski definition) is 1. The summed E-state index contributed by atoms with van der Waals surface area (Å²) in [5.74, 6) is -1.81. The van der Waals surface area contributed by atoms with Crippen LogP contribution >= 0.6 is 0 Å². The van der Waals surface area contributed by atoms with Crippen LogP contribution in [0.5, 0.6) is 0 Å². The summed E-state index contributed by atoms with van der Waals surface area (Å²) in [6.07, 6.45) is 1.36. The minimum absolute atomic E-state index is 0.0820. The molecule has 0 amide bonds. The average molecular weight is 265 g/mol. The number of hydrogen-bond acceptors (Lipinski definition) is 4. The molecule has 0 aliphatic carbocycles. The molecule has 98 valence electrons. The predicted octanol–water partition coefficient (Wildman–Crippen LogP) is 1.68. The Morgan fingerprint density at radius 2 is 2.21 bits per heavy atom. The highest BCUT2D eigenvalue weighted by Crippen LogP contribution is 2.20. The largest absolute Gasteiger partial charge is 0.476 e. The van der Waals surface area contributed by atoms with Gasteiger partial charge in [-0.1, -0.05) is 0 Å². The number of nitro groups is 1. The minimum Gasteiger partial charge on any atom is -0.476 e. The Bertz CT molecular complexity index is 653. The second kappa shape index (κ2) is 4.84. The van der Waals surface area contributed by atoms with E-state index in [9.17, 15) is 19.3 Å². The number of carboxylic acids is 1. The number of carboxylic acid groups (broad SMARTS) is 1. The fourth-order valence-electron chi connectivity index (χ4n) is 1.60. The maximum Gasteiger partial charge on any atom is 0.356 e. The molecule has 19 heavy (non-hydrogen) atoms. The number of aromatic carboxylic acids is 1. The molecule has 0 saturated carbocycles. The van der Waals surface area contributed by atoms with Crippen LogP contribution in [0.3, 0.4) is 0 Å². The first-order valence-electron chi connectivity index (χ1n) is 5.17. The van der Waals surface area contributed by atoms with Crippen LogP contribution in [0, 0.1) is 15.9 Å². The van der Waals surface area contributed by atoms with Gasteiger partial charge in [0.2, 0.25) is 0 Å². The lowest BCUT2D eigenvalue weighted by atomic mass is 10.2. The summed E-state index contributed by atoms with van der Waals surface area (Å²) in [5.41, 5.74) is -0.308. The third kappa shape index (κ3) is 2.73. The van der Waals surface area contributed by atoms with E-state index < -0.39 is 16.7 Å². The molecule has 0 spiro atoms. The van der Waals surface area contributed by atoms with E-state index in [1.54, 1.807) is 0 Å². The molecule has 1 aromatic heterocycles. The van der Waals surface area contributed by atoms with Crippen molar-refractivity contribution in [2.75, 3.05) is 0 Å². The molecule has 0 atom stereocenters. The normalized spacial score (nSPS) is 10.4. The van der Waals surface area contributed by atoms with Gasteiger partial charge in [0, 0.05) is 12.3 Å². The van der Waals surface area contributed by atoms with Gasteiger partial charge in [0.15, 0.2) is 5.69 Å². The van der Waals surface area contributed by atoms with Gasteiger partial charge in [-0.2, -0.15) is 5.10 Å². The second-order valence-corrected chi connectivity index (χ2v) is 3.73. The van der Waals surface area contributed by atoms with Gasteiger partial charge in [0.1, 0.15) is 5.82 Å². The first-order chi connectivity index (χ1) is 8.97. The lowest BCUT2D eigenvalue weighted by molar-refractivity contribution is -0.385. The fourth-order valence-corrected chi connectivity index (χ4v) is 1.60. The Labute approximate surface area is 106 Å². The average Bonchev–Trinajstić information content (AvgIpc) is 2.77.